The van der Waals surface area contributed by atoms with Gasteiger partial charge in [-0.15, -0.1) is 0 Å². The normalized spacial score (nSPS) is 10.5. The molecule has 0 aliphatic carbocycles. The molecule has 2 aromatic heterocycles. The molecule has 2 heterocycles. The van der Waals surface area contributed by atoms with Crippen LogP contribution in [-0.2, 0) is 0 Å². The lowest BCUT2D eigenvalue weighted by Crippen LogP contribution is -1.98. The lowest BCUT2D eigenvalue weighted by Gasteiger charge is -2.10. The molecule has 3 aromatic rings. The summed E-state index contributed by atoms with van der Waals surface area (Å²) in [5.74, 6) is 1.28. The van der Waals surface area contributed by atoms with E-state index >= 15 is 0 Å². The Hall–Kier alpha value is -2.69. The molecule has 0 atom stereocenters. The van der Waals surface area contributed by atoms with E-state index < -0.39 is 0 Å². The van der Waals surface area contributed by atoms with Gasteiger partial charge < -0.3 is 10.1 Å². The van der Waals surface area contributed by atoms with Gasteiger partial charge in [0.15, 0.2) is 0 Å². The van der Waals surface area contributed by atoms with Crippen molar-refractivity contribution in [2.24, 2.45) is 0 Å². The van der Waals surface area contributed by atoms with Crippen LogP contribution in [-0.4, -0.2) is 29.1 Å². The van der Waals surface area contributed by atoms with Crippen LogP contribution in [0.2, 0.25) is 0 Å². The van der Waals surface area contributed by atoms with E-state index in [9.17, 15) is 0 Å². The van der Waals surface area contributed by atoms with Crippen molar-refractivity contribution in [2.75, 3.05) is 19.5 Å². The van der Waals surface area contributed by atoms with E-state index in [2.05, 4.69) is 20.3 Å². The standard InChI is InChI=1S/C15H14N4O/c1-16-15-18-9-11-10(12-5-3-4-8-17-12)6-7-13(20-2)14(11)19-15/h3-9H,1-2H3,(H,16,18,19). The molecule has 0 bridgehead atoms. The fourth-order valence-electron chi connectivity index (χ4n) is 2.13. The molecular formula is C15H14N4O. The van der Waals surface area contributed by atoms with Crippen molar-refractivity contribution < 1.29 is 4.74 Å². The highest BCUT2D eigenvalue weighted by Gasteiger charge is 2.11. The number of hydrogen-bond acceptors (Lipinski definition) is 5. The molecule has 0 saturated carbocycles. The Bertz CT molecular complexity index is 743. The van der Waals surface area contributed by atoms with Crippen molar-refractivity contribution in [1.82, 2.24) is 15.0 Å². The van der Waals surface area contributed by atoms with Gasteiger partial charge in [-0.3, -0.25) is 4.98 Å². The Morgan fingerprint density at radius 2 is 2.00 bits per heavy atom. The Kier molecular flexibility index (Phi) is 3.16. The molecule has 20 heavy (non-hydrogen) atoms. The van der Waals surface area contributed by atoms with E-state index in [-0.39, 0.29) is 0 Å². The first-order valence-electron chi connectivity index (χ1n) is 6.26. The summed E-state index contributed by atoms with van der Waals surface area (Å²) < 4.78 is 5.38. The molecule has 0 fully saturated rings. The number of fused-ring (bicyclic) bond motifs is 1. The number of pyridine rings is 1. The molecule has 3 rings (SSSR count). The summed E-state index contributed by atoms with van der Waals surface area (Å²) in [6.07, 6.45) is 3.56. The molecule has 0 aliphatic rings. The summed E-state index contributed by atoms with van der Waals surface area (Å²) in [5.41, 5.74) is 2.65. The summed E-state index contributed by atoms with van der Waals surface area (Å²) in [5, 5.41) is 3.85. The van der Waals surface area contributed by atoms with Crippen LogP contribution in [0.5, 0.6) is 5.75 Å². The van der Waals surface area contributed by atoms with Gasteiger partial charge in [-0.1, -0.05) is 6.07 Å². The smallest absolute Gasteiger partial charge is 0.223 e. The molecule has 5 heteroatoms. The third kappa shape index (κ3) is 2.03. The summed E-state index contributed by atoms with van der Waals surface area (Å²) in [7, 11) is 3.42. The maximum atomic E-state index is 5.38. The Morgan fingerprint density at radius 1 is 1.10 bits per heavy atom. The third-order valence-corrected chi connectivity index (χ3v) is 3.10. The van der Waals surface area contributed by atoms with Crippen molar-refractivity contribution in [3.63, 3.8) is 0 Å². The van der Waals surface area contributed by atoms with Crippen molar-refractivity contribution in [3.05, 3.63) is 42.7 Å². The Labute approximate surface area is 116 Å². The average Bonchev–Trinajstić information content (AvgIpc) is 2.54. The lowest BCUT2D eigenvalue weighted by atomic mass is 10.1. The van der Waals surface area contributed by atoms with Crippen LogP contribution in [0.1, 0.15) is 0 Å². The number of nitrogens with one attached hydrogen (secondary N) is 1. The zero-order chi connectivity index (χ0) is 13.9. The number of methoxy groups -OCH3 is 1. The Morgan fingerprint density at radius 3 is 2.70 bits per heavy atom. The minimum absolute atomic E-state index is 0.564. The molecule has 1 N–H and O–H groups in total. The number of ether oxygens (including phenoxy) is 1. The Balaban J connectivity index is 2.30. The first-order chi connectivity index (χ1) is 9.83. The summed E-state index contributed by atoms with van der Waals surface area (Å²) in [6, 6.07) is 9.70. The molecule has 0 radical (unpaired) electrons. The maximum absolute atomic E-state index is 5.38. The van der Waals surface area contributed by atoms with Gasteiger partial charge in [-0.25, -0.2) is 9.97 Å². The van der Waals surface area contributed by atoms with Crippen molar-refractivity contribution in [2.45, 2.75) is 0 Å². The van der Waals surface area contributed by atoms with Gasteiger partial charge in [0.05, 0.1) is 12.8 Å². The van der Waals surface area contributed by atoms with E-state index in [1.807, 2.05) is 30.3 Å². The summed E-state index contributed by atoms with van der Waals surface area (Å²) >= 11 is 0. The SMILES string of the molecule is CNc1ncc2c(-c3ccccn3)ccc(OC)c2n1. The van der Waals surface area contributed by atoms with E-state index in [1.54, 1.807) is 26.6 Å². The largest absolute Gasteiger partial charge is 0.494 e. The number of nitrogens with zero attached hydrogens (tertiary/aromatic N) is 3. The summed E-state index contributed by atoms with van der Waals surface area (Å²) in [6.45, 7) is 0. The van der Waals surface area contributed by atoms with Gasteiger partial charge in [-0.2, -0.15) is 0 Å². The minimum Gasteiger partial charge on any atom is -0.494 e. The van der Waals surface area contributed by atoms with Crippen molar-refractivity contribution in [3.8, 4) is 17.0 Å². The van der Waals surface area contributed by atoms with E-state index in [4.69, 9.17) is 4.74 Å². The molecule has 0 saturated heterocycles. The van der Waals surface area contributed by atoms with Crippen LogP contribution in [0, 0.1) is 0 Å². The van der Waals surface area contributed by atoms with Crippen LogP contribution < -0.4 is 10.1 Å². The highest BCUT2D eigenvalue weighted by molar-refractivity contribution is 5.97. The minimum atomic E-state index is 0.564. The number of benzene rings is 1. The fourth-order valence-corrected chi connectivity index (χ4v) is 2.13. The van der Waals surface area contributed by atoms with Crippen LogP contribution in [0.15, 0.2) is 42.7 Å². The van der Waals surface area contributed by atoms with Crippen molar-refractivity contribution in [1.29, 1.82) is 0 Å². The second-order valence-corrected chi connectivity index (χ2v) is 4.24. The third-order valence-electron chi connectivity index (χ3n) is 3.10. The number of anilines is 1. The molecule has 100 valence electrons. The monoisotopic (exact) mass is 266 g/mol. The quantitative estimate of drug-likeness (QED) is 0.789. The molecule has 0 aliphatic heterocycles. The summed E-state index contributed by atoms with van der Waals surface area (Å²) in [4.78, 5) is 13.1. The topological polar surface area (TPSA) is 59.9 Å². The van der Waals surface area contributed by atoms with Gasteiger partial charge in [0, 0.05) is 30.4 Å². The van der Waals surface area contributed by atoms with Crippen LogP contribution in [0.25, 0.3) is 22.2 Å². The number of rotatable bonds is 3. The molecular weight excluding hydrogens is 252 g/mol. The second-order valence-electron chi connectivity index (χ2n) is 4.24. The number of aromatic nitrogens is 3. The van der Waals surface area contributed by atoms with Gasteiger partial charge in [0.25, 0.3) is 0 Å². The van der Waals surface area contributed by atoms with E-state index in [1.165, 1.54) is 0 Å². The fraction of sp³-hybridized carbons (Fsp3) is 0.133. The molecule has 0 spiro atoms. The van der Waals surface area contributed by atoms with E-state index in [0.29, 0.717) is 5.95 Å². The van der Waals surface area contributed by atoms with Crippen LogP contribution >= 0.6 is 0 Å². The molecule has 1 aromatic carbocycles. The highest BCUT2D eigenvalue weighted by atomic mass is 16.5. The predicted octanol–water partition coefficient (Wildman–Crippen LogP) is 2.74. The number of hydrogen-bond donors (Lipinski definition) is 1. The van der Waals surface area contributed by atoms with Crippen LogP contribution in [0.3, 0.4) is 0 Å². The van der Waals surface area contributed by atoms with Crippen LogP contribution in [0.4, 0.5) is 5.95 Å². The maximum Gasteiger partial charge on any atom is 0.223 e. The van der Waals surface area contributed by atoms with Gasteiger partial charge in [0.2, 0.25) is 5.95 Å². The second kappa shape index (κ2) is 5.13. The first-order valence-corrected chi connectivity index (χ1v) is 6.26. The van der Waals surface area contributed by atoms with Crippen molar-refractivity contribution >= 4 is 16.9 Å². The first kappa shape index (κ1) is 12.3. The average molecular weight is 266 g/mol. The zero-order valence-electron chi connectivity index (χ0n) is 11.3. The van der Waals surface area contributed by atoms with Gasteiger partial charge in [-0.05, 0) is 24.3 Å². The molecule has 0 unspecified atom stereocenters. The predicted molar refractivity (Wildman–Crippen MR) is 78.9 cm³/mol. The van der Waals surface area contributed by atoms with Gasteiger partial charge in [0.1, 0.15) is 11.3 Å². The lowest BCUT2D eigenvalue weighted by molar-refractivity contribution is 0.419. The highest BCUT2D eigenvalue weighted by Crippen LogP contribution is 2.32. The molecule has 5 nitrogen and oxygen atoms in total. The van der Waals surface area contributed by atoms with E-state index in [0.717, 1.165) is 27.9 Å². The molecule has 0 amide bonds. The zero-order valence-corrected chi connectivity index (χ0v) is 11.3. The van der Waals surface area contributed by atoms with Gasteiger partial charge >= 0.3 is 0 Å².